The Morgan fingerprint density at radius 1 is 1.09 bits per heavy atom. The fourth-order valence-electron chi connectivity index (χ4n) is 3.92. The minimum absolute atomic E-state index is 0.372. The Morgan fingerprint density at radius 3 is 2.42 bits per heavy atom. The highest BCUT2D eigenvalue weighted by molar-refractivity contribution is 5.91. The number of aryl methyl sites for hydroxylation is 2. The number of nitrogens with one attached hydrogen (secondary N) is 1. The molecule has 1 N–H and O–H groups in total. The normalized spacial score (nSPS) is 11.5. The highest BCUT2D eigenvalue weighted by Gasteiger charge is 2.21. The molecule has 0 fully saturated rings. The Balaban J connectivity index is 1.82. The number of allylic oxidation sites excluding steroid dienone is 1. The van der Waals surface area contributed by atoms with Crippen LogP contribution in [-0.4, -0.2) is 28.8 Å². The van der Waals surface area contributed by atoms with Crippen LogP contribution in [-0.2, 0) is 0 Å². The second-order valence-electron chi connectivity index (χ2n) is 7.72. The Morgan fingerprint density at radius 2 is 1.79 bits per heavy atom. The molecule has 0 spiro atoms. The van der Waals surface area contributed by atoms with E-state index in [1.54, 1.807) is 32.4 Å². The molecular weight excluding hydrogens is 418 g/mol. The molecule has 0 saturated carbocycles. The van der Waals surface area contributed by atoms with E-state index in [1.807, 2.05) is 38.3 Å². The summed E-state index contributed by atoms with van der Waals surface area (Å²) in [4.78, 5) is 7.76. The quantitative estimate of drug-likeness (QED) is 0.429. The third-order valence-electron chi connectivity index (χ3n) is 5.81. The van der Waals surface area contributed by atoms with E-state index in [4.69, 9.17) is 13.9 Å². The number of H-pyrrole nitrogens is 1. The van der Waals surface area contributed by atoms with Crippen molar-refractivity contribution < 1.29 is 13.9 Å². The first kappa shape index (κ1) is 21.8. The Hall–Kier alpha value is -4.43. The smallest absolute Gasteiger partial charge is 0.222 e. The molecule has 0 atom stereocenters. The van der Waals surface area contributed by atoms with Gasteiger partial charge in [-0.2, -0.15) is 10.5 Å². The molecule has 33 heavy (non-hydrogen) atoms. The van der Waals surface area contributed by atoms with Crippen LogP contribution < -0.4 is 9.47 Å². The number of ether oxygens (including phenoxy) is 2. The summed E-state index contributed by atoms with van der Waals surface area (Å²) in [5.74, 6) is 2.77. The molecule has 3 aromatic heterocycles. The number of furan rings is 1. The van der Waals surface area contributed by atoms with Crippen molar-refractivity contribution >= 4 is 22.7 Å². The molecule has 0 unspecified atom stereocenters. The molecule has 0 aliphatic rings. The van der Waals surface area contributed by atoms with Crippen LogP contribution >= 0.6 is 0 Å². The molecule has 0 radical (unpaired) electrons. The number of nitrogens with zero attached hydrogens (tertiary/aromatic N) is 4. The average Bonchev–Trinajstić information content (AvgIpc) is 3.43. The summed E-state index contributed by atoms with van der Waals surface area (Å²) in [5.41, 5.74) is 5.66. The minimum atomic E-state index is 0.372. The number of methoxy groups -OCH3 is 2. The zero-order valence-electron chi connectivity index (χ0n) is 19.3. The van der Waals surface area contributed by atoms with Crippen molar-refractivity contribution in [2.75, 3.05) is 14.2 Å². The van der Waals surface area contributed by atoms with Gasteiger partial charge in [0.1, 0.15) is 29.3 Å². The van der Waals surface area contributed by atoms with Gasteiger partial charge < -0.3 is 18.9 Å². The topological polar surface area (TPSA) is 113 Å². The van der Waals surface area contributed by atoms with Crippen molar-refractivity contribution in [1.29, 1.82) is 10.5 Å². The molecule has 0 aliphatic carbocycles. The first-order chi connectivity index (χ1) is 15.8. The summed E-state index contributed by atoms with van der Waals surface area (Å²) < 4.78 is 18.5. The first-order valence-electron chi connectivity index (χ1n) is 10.3. The van der Waals surface area contributed by atoms with Crippen molar-refractivity contribution in [2.24, 2.45) is 0 Å². The summed E-state index contributed by atoms with van der Waals surface area (Å²) in [6.07, 6.45) is 1.78. The number of imidazole rings is 1. The highest BCUT2D eigenvalue weighted by Crippen LogP contribution is 2.33. The molecule has 0 saturated heterocycles. The molecule has 1 aromatic carbocycles. The number of aromatic amines is 1. The number of benzene rings is 1. The second-order valence-corrected chi connectivity index (χ2v) is 7.72. The summed E-state index contributed by atoms with van der Waals surface area (Å²) in [7, 11) is 3.13. The Labute approximate surface area is 191 Å². The standard InChI is InChI=1S/C25H23N5O3/c1-13-7-17(15(3)30(13)25-19(12-27)14(2)16(4)33-25)8-18(11-26)24-28-20-9-22(31-5)23(32-6)10-21(20)29-24/h7-10H,1-6H3,(H,28,29)/b18-8+. The molecule has 3 heterocycles. The van der Waals surface area contributed by atoms with Crippen LogP contribution in [0.2, 0.25) is 0 Å². The average molecular weight is 441 g/mol. The minimum Gasteiger partial charge on any atom is -0.493 e. The van der Waals surface area contributed by atoms with Gasteiger partial charge in [0.05, 0.1) is 30.8 Å². The van der Waals surface area contributed by atoms with Crippen molar-refractivity contribution in [3.63, 3.8) is 0 Å². The SMILES string of the molecule is COc1cc2nc(/C(C#N)=C/c3cc(C)n(-c4oc(C)c(C)c4C#N)c3C)[nH]c2cc1OC. The van der Waals surface area contributed by atoms with E-state index in [0.29, 0.717) is 45.6 Å². The van der Waals surface area contributed by atoms with E-state index < -0.39 is 0 Å². The third kappa shape index (κ3) is 3.52. The lowest BCUT2D eigenvalue weighted by Gasteiger charge is -2.06. The van der Waals surface area contributed by atoms with E-state index in [0.717, 1.165) is 28.0 Å². The first-order valence-corrected chi connectivity index (χ1v) is 10.3. The van der Waals surface area contributed by atoms with Crippen LogP contribution in [0.25, 0.3) is 28.6 Å². The van der Waals surface area contributed by atoms with Gasteiger partial charge in [-0.05, 0) is 45.4 Å². The van der Waals surface area contributed by atoms with Crippen molar-refractivity contribution in [3.8, 4) is 29.5 Å². The third-order valence-corrected chi connectivity index (χ3v) is 5.81. The van der Waals surface area contributed by atoms with Gasteiger partial charge in [0.2, 0.25) is 5.88 Å². The summed E-state index contributed by atoms with van der Waals surface area (Å²) in [6.45, 7) is 7.57. The molecule has 4 aromatic rings. The number of hydrogen-bond donors (Lipinski definition) is 1. The zero-order valence-corrected chi connectivity index (χ0v) is 19.3. The van der Waals surface area contributed by atoms with Crippen LogP contribution in [0.5, 0.6) is 11.5 Å². The van der Waals surface area contributed by atoms with Crippen LogP contribution in [0.4, 0.5) is 0 Å². The molecule has 0 amide bonds. The van der Waals surface area contributed by atoms with E-state index in [9.17, 15) is 10.5 Å². The number of hydrogen-bond acceptors (Lipinski definition) is 6. The maximum absolute atomic E-state index is 9.88. The molecular formula is C25H23N5O3. The van der Waals surface area contributed by atoms with Gasteiger partial charge in [-0.15, -0.1) is 0 Å². The molecule has 4 rings (SSSR count). The molecule has 8 nitrogen and oxygen atoms in total. The van der Waals surface area contributed by atoms with Gasteiger partial charge in [0.25, 0.3) is 0 Å². The van der Waals surface area contributed by atoms with Gasteiger partial charge in [-0.25, -0.2) is 4.98 Å². The fourth-order valence-corrected chi connectivity index (χ4v) is 3.92. The van der Waals surface area contributed by atoms with E-state index >= 15 is 0 Å². The van der Waals surface area contributed by atoms with E-state index in [2.05, 4.69) is 22.1 Å². The molecule has 0 aliphatic heterocycles. The fraction of sp³-hybridized carbons (Fsp3) is 0.240. The highest BCUT2D eigenvalue weighted by atomic mass is 16.5. The number of fused-ring (bicyclic) bond motifs is 1. The molecule has 166 valence electrons. The number of aromatic nitrogens is 3. The van der Waals surface area contributed by atoms with E-state index in [1.165, 1.54) is 0 Å². The van der Waals surface area contributed by atoms with Crippen LogP contribution in [0, 0.1) is 50.4 Å². The van der Waals surface area contributed by atoms with Gasteiger partial charge in [0.15, 0.2) is 11.5 Å². The second kappa shape index (κ2) is 8.25. The predicted molar refractivity (Wildman–Crippen MR) is 124 cm³/mol. The maximum Gasteiger partial charge on any atom is 0.222 e. The zero-order chi connectivity index (χ0) is 23.9. The lowest BCUT2D eigenvalue weighted by atomic mass is 10.1. The molecule has 0 bridgehead atoms. The molecule has 8 heteroatoms. The Bertz CT molecular complexity index is 1460. The van der Waals surface area contributed by atoms with Crippen molar-refractivity contribution in [3.05, 3.63) is 57.9 Å². The van der Waals surface area contributed by atoms with Gasteiger partial charge in [-0.1, -0.05) is 0 Å². The summed E-state index contributed by atoms with van der Waals surface area (Å²) >= 11 is 0. The van der Waals surface area contributed by atoms with Crippen LogP contribution in [0.3, 0.4) is 0 Å². The van der Waals surface area contributed by atoms with Crippen molar-refractivity contribution in [2.45, 2.75) is 27.7 Å². The van der Waals surface area contributed by atoms with Gasteiger partial charge >= 0.3 is 0 Å². The number of nitriles is 2. The predicted octanol–water partition coefficient (Wildman–Crippen LogP) is 5.13. The summed E-state index contributed by atoms with van der Waals surface area (Å²) in [6, 6.07) is 9.98. The van der Waals surface area contributed by atoms with Crippen LogP contribution in [0.15, 0.2) is 22.6 Å². The van der Waals surface area contributed by atoms with Gasteiger partial charge in [-0.3, -0.25) is 4.57 Å². The lowest BCUT2D eigenvalue weighted by molar-refractivity contribution is 0.356. The largest absolute Gasteiger partial charge is 0.493 e. The maximum atomic E-state index is 9.88. The lowest BCUT2D eigenvalue weighted by Crippen LogP contribution is -2.00. The number of rotatable bonds is 5. The monoisotopic (exact) mass is 441 g/mol. The Kier molecular flexibility index (Phi) is 5.45. The van der Waals surface area contributed by atoms with Crippen LogP contribution in [0.1, 0.15) is 39.7 Å². The van der Waals surface area contributed by atoms with Gasteiger partial charge in [0, 0.05) is 29.1 Å². The van der Waals surface area contributed by atoms with E-state index in [-0.39, 0.29) is 0 Å². The summed E-state index contributed by atoms with van der Waals surface area (Å²) in [5, 5.41) is 19.5. The van der Waals surface area contributed by atoms with Crippen molar-refractivity contribution in [1.82, 2.24) is 14.5 Å².